The number of unbranched alkanes of at least 4 members (excludes halogenated alkanes) is 10. The first-order valence-corrected chi connectivity index (χ1v) is 10.2. The molecular weight excluding hydrogens is 320 g/mol. The van der Waals surface area contributed by atoms with Crippen molar-refractivity contribution in [1.82, 2.24) is 0 Å². The summed E-state index contributed by atoms with van der Waals surface area (Å²) in [5.41, 5.74) is 0. The van der Waals surface area contributed by atoms with E-state index in [2.05, 4.69) is 6.92 Å². The van der Waals surface area contributed by atoms with Gasteiger partial charge in [0, 0.05) is 6.42 Å². The van der Waals surface area contributed by atoms with Gasteiger partial charge in [-0.25, -0.2) is 0 Å². The van der Waals surface area contributed by atoms with Gasteiger partial charge in [0.05, 0.1) is 19.3 Å². The van der Waals surface area contributed by atoms with Crippen molar-refractivity contribution < 1.29 is 24.5 Å². The fraction of sp³-hybridized carbons (Fsp3) is 0.950. The van der Waals surface area contributed by atoms with Crippen LogP contribution in [0.25, 0.3) is 0 Å². The molecule has 0 aromatic rings. The van der Waals surface area contributed by atoms with Gasteiger partial charge in [0.15, 0.2) is 0 Å². The SMILES string of the molecule is CCCCCCCCCCCCCC(=O)OCC(O)COCC(C)O. The van der Waals surface area contributed by atoms with E-state index in [4.69, 9.17) is 14.6 Å². The quantitative estimate of drug-likeness (QED) is 0.285. The minimum Gasteiger partial charge on any atom is -0.463 e. The fourth-order valence-corrected chi connectivity index (χ4v) is 2.62. The highest BCUT2D eigenvalue weighted by Crippen LogP contribution is 2.12. The zero-order valence-electron chi connectivity index (χ0n) is 16.4. The Bertz CT molecular complexity index is 294. The number of carbonyl (C=O) groups excluding carboxylic acids is 1. The van der Waals surface area contributed by atoms with Crippen molar-refractivity contribution in [3.05, 3.63) is 0 Å². The summed E-state index contributed by atoms with van der Waals surface area (Å²) in [6, 6.07) is 0. The van der Waals surface area contributed by atoms with E-state index < -0.39 is 12.2 Å². The van der Waals surface area contributed by atoms with Crippen LogP contribution in [0.5, 0.6) is 0 Å². The van der Waals surface area contributed by atoms with Crippen molar-refractivity contribution in [2.75, 3.05) is 19.8 Å². The Morgan fingerprint density at radius 2 is 1.32 bits per heavy atom. The standard InChI is InChI=1S/C20H40O5/c1-3-4-5-6-7-8-9-10-11-12-13-14-20(23)25-17-19(22)16-24-15-18(2)21/h18-19,21-22H,3-17H2,1-2H3. The molecule has 0 aromatic carbocycles. The highest BCUT2D eigenvalue weighted by atomic mass is 16.5. The molecule has 0 spiro atoms. The second-order valence-electron chi connectivity index (χ2n) is 7.01. The average Bonchev–Trinajstić information content (AvgIpc) is 2.57. The van der Waals surface area contributed by atoms with Gasteiger partial charge in [-0.05, 0) is 13.3 Å². The lowest BCUT2D eigenvalue weighted by molar-refractivity contribution is -0.148. The second kappa shape index (κ2) is 18.2. The molecule has 0 bridgehead atoms. The molecule has 2 atom stereocenters. The molecule has 0 aromatic heterocycles. The number of aliphatic hydroxyl groups is 2. The highest BCUT2D eigenvalue weighted by Gasteiger charge is 2.09. The van der Waals surface area contributed by atoms with E-state index in [1.807, 2.05) is 0 Å². The van der Waals surface area contributed by atoms with Gasteiger partial charge in [0.2, 0.25) is 0 Å². The fourth-order valence-electron chi connectivity index (χ4n) is 2.62. The van der Waals surface area contributed by atoms with Crippen LogP contribution in [-0.4, -0.2) is 48.2 Å². The molecular formula is C20H40O5. The number of aliphatic hydroxyl groups excluding tert-OH is 2. The summed E-state index contributed by atoms with van der Waals surface area (Å²) >= 11 is 0. The molecule has 25 heavy (non-hydrogen) atoms. The van der Waals surface area contributed by atoms with Crippen molar-refractivity contribution in [2.45, 2.75) is 103 Å². The zero-order valence-corrected chi connectivity index (χ0v) is 16.4. The lowest BCUT2D eigenvalue weighted by Gasteiger charge is -2.12. The Hall–Kier alpha value is -0.650. The summed E-state index contributed by atoms with van der Waals surface area (Å²) in [6.07, 6.45) is 12.8. The van der Waals surface area contributed by atoms with E-state index in [9.17, 15) is 9.90 Å². The molecule has 5 heteroatoms. The maximum atomic E-state index is 11.6. The molecule has 150 valence electrons. The molecule has 0 aliphatic carbocycles. The monoisotopic (exact) mass is 360 g/mol. The Labute approximate surface area is 154 Å². The third-order valence-corrected chi connectivity index (χ3v) is 4.09. The van der Waals surface area contributed by atoms with E-state index in [1.165, 1.54) is 57.8 Å². The predicted octanol–water partition coefficient (Wildman–Crippen LogP) is 3.99. The van der Waals surface area contributed by atoms with Gasteiger partial charge in [-0.15, -0.1) is 0 Å². The molecule has 0 fully saturated rings. The van der Waals surface area contributed by atoms with Gasteiger partial charge in [-0.2, -0.15) is 0 Å². The number of rotatable bonds is 18. The van der Waals surface area contributed by atoms with E-state index >= 15 is 0 Å². The zero-order chi connectivity index (χ0) is 18.8. The maximum Gasteiger partial charge on any atom is 0.305 e. The van der Waals surface area contributed by atoms with Gasteiger partial charge in [-0.1, -0.05) is 71.1 Å². The van der Waals surface area contributed by atoms with Gasteiger partial charge >= 0.3 is 5.97 Å². The molecule has 0 rings (SSSR count). The van der Waals surface area contributed by atoms with Crippen LogP contribution in [0.1, 0.15) is 90.9 Å². The number of hydrogen-bond donors (Lipinski definition) is 2. The van der Waals surface area contributed by atoms with Crippen LogP contribution in [0.3, 0.4) is 0 Å². The molecule has 0 saturated heterocycles. The topological polar surface area (TPSA) is 76.0 Å². The first-order valence-electron chi connectivity index (χ1n) is 10.2. The number of ether oxygens (including phenoxy) is 2. The Balaban J connectivity index is 3.30. The van der Waals surface area contributed by atoms with E-state index in [0.29, 0.717) is 6.42 Å². The van der Waals surface area contributed by atoms with Crippen LogP contribution in [0, 0.1) is 0 Å². The normalized spacial score (nSPS) is 13.6. The van der Waals surface area contributed by atoms with Gasteiger partial charge < -0.3 is 19.7 Å². The van der Waals surface area contributed by atoms with Gasteiger partial charge in [-0.3, -0.25) is 4.79 Å². The first kappa shape index (κ1) is 24.4. The van der Waals surface area contributed by atoms with Gasteiger partial charge in [0.25, 0.3) is 0 Å². The molecule has 0 amide bonds. The summed E-state index contributed by atoms with van der Waals surface area (Å²) in [6.45, 7) is 4.04. The van der Waals surface area contributed by atoms with Crippen molar-refractivity contribution in [3.8, 4) is 0 Å². The third-order valence-electron chi connectivity index (χ3n) is 4.09. The van der Waals surface area contributed by atoms with Crippen molar-refractivity contribution in [1.29, 1.82) is 0 Å². The lowest BCUT2D eigenvalue weighted by atomic mass is 10.1. The number of esters is 1. The van der Waals surface area contributed by atoms with Crippen LogP contribution in [0.15, 0.2) is 0 Å². The first-order chi connectivity index (χ1) is 12.1. The van der Waals surface area contributed by atoms with E-state index in [0.717, 1.165) is 12.8 Å². The molecule has 0 aliphatic heterocycles. The van der Waals surface area contributed by atoms with Gasteiger partial charge in [0.1, 0.15) is 12.7 Å². The molecule has 0 saturated carbocycles. The van der Waals surface area contributed by atoms with Crippen LogP contribution in [0.2, 0.25) is 0 Å². The average molecular weight is 361 g/mol. The highest BCUT2D eigenvalue weighted by molar-refractivity contribution is 5.69. The summed E-state index contributed by atoms with van der Waals surface area (Å²) in [4.78, 5) is 11.6. The third kappa shape index (κ3) is 19.5. The van der Waals surface area contributed by atoms with Crippen molar-refractivity contribution in [2.24, 2.45) is 0 Å². The number of hydrogen-bond acceptors (Lipinski definition) is 5. The largest absolute Gasteiger partial charge is 0.463 e. The summed E-state index contributed by atoms with van der Waals surface area (Å²) in [7, 11) is 0. The lowest BCUT2D eigenvalue weighted by Crippen LogP contribution is -2.25. The van der Waals surface area contributed by atoms with Crippen LogP contribution in [-0.2, 0) is 14.3 Å². The number of carbonyl (C=O) groups is 1. The Kier molecular flexibility index (Phi) is 17.7. The van der Waals surface area contributed by atoms with E-state index in [-0.39, 0.29) is 25.8 Å². The summed E-state index contributed by atoms with van der Waals surface area (Å²) in [5, 5.41) is 18.6. The molecule has 5 nitrogen and oxygen atoms in total. The smallest absolute Gasteiger partial charge is 0.305 e. The van der Waals surface area contributed by atoms with Crippen molar-refractivity contribution >= 4 is 5.97 Å². The van der Waals surface area contributed by atoms with Crippen LogP contribution in [0.4, 0.5) is 0 Å². The predicted molar refractivity (Wildman–Crippen MR) is 101 cm³/mol. The molecule has 2 N–H and O–H groups in total. The van der Waals surface area contributed by atoms with Crippen molar-refractivity contribution in [3.63, 3.8) is 0 Å². The second-order valence-corrected chi connectivity index (χ2v) is 7.01. The Morgan fingerprint density at radius 3 is 1.84 bits per heavy atom. The van der Waals surface area contributed by atoms with Crippen LogP contribution < -0.4 is 0 Å². The molecule has 0 heterocycles. The van der Waals surface area contributed by atoms with E-state index in [1.54, 1.807) is 6.92 Å². The minimum atomic E-state index is -0.833. The molecule has 0 aliphatic rings. The molecule has 0 radical (unpaired) electrons. The summed E-state index contributed by atoms with van der Waals surface area (Å²) in [5.74, 6) is -0.259. The maximum absolute atomic E-state index is 11.6. The Morgan fingerprint density at radius 1 is 0.800 bits per heavy atom. The van der Waals surface area contributed by atoms with Crippen LogP contribution >= 0.6 is 0 Å². The molecule has 2 unspecified atom stereocenters. The minimum absolute atomic E-state index is 0.0450. The summed E-state index contributed by atoms with van der Waals surface area (Å²) < 4.78 is 10.1.